The van der Waals surface area contributed by atoms with Crippen molar-refractivity contribution < 1.29 is 0 Å². The normalized spacial score (nSPS) is 10.7. The average molecular weight is 286 g/mol. The van der Waals surface area contributed by atoms with Crippen molar-refractivity contribution in [3.63, 3.8) is 0 Å². The van der Waals surface area contributed by atoms with Crippen LogP contribution in [0.3, 0.4) is 0 Å². The van der Waals surface area contributed by atoms with E-state index in [9.17, 15) is 0 Å². The van der Waals surface area contributed by atoms with Crippen molar-refractivity contribution in [3.8, 4) is 0 Å². The minimum atomic E-state index is 0.728. The Morgan fingerprint density at radius 1 is 1.40 bits per heavy atom. The molecule has 0 atom stereocenters. The number of fused-ring (bicyclic) bond motifs is 1. The standard InChI is InChI=1S/C11H10BrClN2/c1-6-5-7-9(13)4-3-8(12)10(7)15-11(6)14-2/h3-5H,1-2H3,(H,14,15). The van der Waals surface area contributed by atoms with Gasteiger partial charge in [-0.05, 0) is 46.6 Å². The Labute approximate surface area is 102 Å². The number of anilines is 1. The van der Waals surface area contributed by atoms with Gasteiger partial charge in [0.05, 0.1) is 10.5 Å². The SMILES string of the molecule is CNc1nc2c(Br)ccc(Cl)c2cc1C. The maximum atomic E-state index is 6.12. The van der Waals surface area contributed by atoms with Gasteiger partial charge in [-0.3, -0.25) is 0 Å². The van der Waals surface area contributed by atoms with E-state index in [-0.39, 0.29) is 0 Å². The molecule has 1 aromatic carbocycles. The third kappa shape index (κ3) is 1.82. The summed E-state index contributed by atoms with van der Waals surface area (Å²) in [7, 11) is 1.86. The van der Waals surface area contributed by atoms with Crippen LogP contribution < -0.4 is 5.32 Å². The van der Waals surface area contributed by atoms with Gasteiger partial charge in [0, 0.05) is 16.9 Å². The number of pyridine rings is 1. The predicted octanol–water partition coefficient (Wildman–Crippen LogP) is 4.00. The van der Waals surface area contributed by atoms with E-state index in [4.69, 9.17) is 11.6 Å². The molecule has 78 valence electrons. The number of benzene rings is 1. The molecule has 1 N–H and O–H groups in total. The summed E-state index contributed by atoms with van der Waals surface area (Å²) in [5, 5.41) is 4.76. The van der Waals surface area contributed by atoms with E-state index in [2.05, 4.69) is 26.2 Å². The van der Waals surface area contributed by atoms with Gasteiger partial charge in [-0.2, -0.15) is 0 Å². The fourth-order valence-electron chi connectivity index (χ4n) is 1.55. The summed E-state index contributed by atoms with van der Waals surface area (Å²) in [5.41, 5.74) is 1.97. The van der Waals surface area contributed by atoms with Gasteiger partial charge in [0.15, 0.2) is 0 Å². The molecule has 0 amide bonds. The average Bonchev–Trinajstić information content (AvgIpc) is 2.23. The summed E-state index contributed by atoms with van der Waals surface area (Å²) < 4.78 is 0.957. The minimum absolute atomic E-state index is 0.728. The molecule has 0 radical (unpaired) electrons. The van der Waals surface area contributed by atoms with Crippen LogP contribution in [0.1, 0.15) is 5.56 Å². The van der Waals surface area contributed by atoms with Crippen molar-refractivity contribution in [2.45, 2.75) is 6.92 Å². The zero-order valence-electron chi connectivity index (χ0n) is 8.44. The van der Waals surface area contributed by atoms with E-state index in [0.717, 1.165) is 31.8 Å². The van der Waals surface area contributed by atoms with Crippen LogP contribution in [0.25, 0.3) is 10.9 Å². The molecule has 2 nitrogen and oxygen atoms in total. The number of hydrogen-bond donors (Lipinski definition) is 1. The van der Waals surface area contributed by atoms with Crippen LogP contribution >= 0.6 is 27.5 Å². The Balaban J connectivity index is 2.86. The van der Waals surface area contributed by atoms with E-state index in [0.29, 0.717) is 0 Å². The molecule has 0 aliphatic rings. The van der Waals surface area contributed by atoms with Crippen LogP contribution in [0.5, 0.6) is 0 Å². The van der Waals surface area contributed by atoms with Crippen molar-refractivity contribution in [3.05, 3.63) is 33.3 Å². The van der Waals surface area contributed by atoms with Gasteiger partial charge in [0.1, 0.15) is 5.82 Å². The molecule has 0 bridgehead atoms. The lowest BCUT2D eigenvalue weighted by molar-refractivity contribution is 1.28. The number of nitrogens with zero attached hydrogens (tertiary/aromatic N) is 1. The molecule has 0 fully saturated rings. The first kappa shape index (κ1) is 10.7. The smallest absolute Gasteiger partial charge is 0.129 e. The zero-order valence-corrected chi connectivity index (χ0v) is 10.8. The van der Waals surface area contributed by atoms with Crippen LogP contribution in [-0.4, -0.2) is 12.0 Å². The quantitative estimate of drug-likeness (QED) is 0.856. The largest absolute Gasteiger partial charge is 0.373 e. The topological polar surface area (TPSA) is 24.9 Å². The fourth-order valence-corrected chi connectivity index (χ4v) is 2.19. The lowest BCUT2D eigenvalue weighted by Gasteiger charge is -2.08. The van der Waals surface area contributed by atoms with Crippen molar-refractivity contribution in [2.24, 2.45) is 0 Å². The highest BCUT2D eigenvalue weighted by Gasteiger charge is 2.07. The minimum Gasteiger partial charge on any atom is -0.373 e. The second-order valence-electron chi connectivity index (χ2n) is 3.33. The molecule has 0 saturated carbocycles. The summed E-state index contributed by atoms with van der Waals surface area (Å²) in [6.45, 7) is 2.01. The van der Waals surface area contributed by atoms with E-state index in [1.807, 2.05) is 32.2 Å². The summed E-state index contributed by atoms with van der Waals surface area (Å²) in [4.78, 5) is 4.51. The summed E-state index contributed by atoms with van der Waals surface area (Å²) >= 11 is 9.59. The number of aromatic nitrogens is 1. The van der Waals surface area contributed by atoms with Crippen LogP contribution in [0.2, 0.25) is 5.02 Å². The summed E-state index contributed by atoms with van der Waals surface area (Å²) in [6.07, 6.45) is 0. The van der Waals surface area contributed by atoms with E-state index >= 15 is 0 Å². The molecule has 1 heterocycles. The fraction of sp³-hybridized carbons (Fsp3) is 0.182. The Hall–Kier alpha value is -0.800. The lowest BCUT2D eigenvalue weighted by atomic mass is 10.1. The van der Waals surface area contributed by atoms with Crippen LogP contribution in [0.4, 0.5) is 5.82 Å². The Morgan fingerprint density at radius 3 is 2.80 bits per heavy atom. The Kier molecular flexibility index (Phi) is 2.85. The molecular weight excluding hydrogens is 275 g/mol. The molecular formula is C11H10BrClN2. The number of aryl methyl sites for hydroxylation is 1. The molecule has 0 unspecified atom stereocenters. The highest BCUT2D eigenvalue weighted by Crippen LogP contribution is 2.31. The van der Waals surface area contributed by atoms with Gasteiger partial charge in [-0.25, -0.2) is 4.98 Å². The van der Waals surface area contributed by atoms with E-state index in [1.165, 1.54) is 0 Å². The monoisotopic (exact) mass is 284 g/mol. The third-order valence-electron chi connectivity index (χ3n) is 2.31. The number of hydrogen-bond acceptors (Lipinski definition) is 2. The highest BCUT2D eigenvalue weighted by atomic mass is 79.9. The van der Waals surface area contributed by atoms with Gasteiger partial charge < -0.3 is 5.32 Å². The molecule has 0 aliphatic heterocycles. The number of nitrogens with one attached hydrogen (secondary N) is 1. The summed E-state index contributed by atoms with van der Waals surface area (Å²) in [5.74, 6) is 0.880. The maximum Gasteiger partial charge on any atom is 0.129 e. The van der Waals surface area contributed by atoms with Gasteiger partial charge in [-0.15, -0.1) is 0 Å². The number of halogens is 2. The van der Waals surface area contributed by atoms with Crippen molar-refractivity contribution >= 4 is 44.3 Å². The van der Waals surface area contributed by atoms with Gasteiger partial charge in [0.2, 0.25) is 0 Å². The van der Waals surface area contributed by atoms with E-state index in [1.54, 1.807) is 0 Å². The molecule has 0 aliphatic carbocycles. The van der Waals surface area contributed by atoms with Gasteiger partial charge in [0.25, 0.3) is 0 Å². The Morgan fingerprint density at radius 2 is 2.13 bits per heavy atom. The summed E-state index contributed by atoms with van der Waals surface area (Å²) in [6, 6.07) is 5.82. The van der Waals surface area contributed by atoms with Gasteiger partial charge >= 0.3 is 0 Å². The number of rotatable bonds is 1. The first-order valence-electron chi connectivity index (χ1n) is 4.56. The molecule has 0 spiro atoms. The Bertz CT molecular complexity index is 525. The second kappa shape index (κ2) is 3.99. The third-order valence-corrected chi connectivity index (χ3v) is 3.28. The van der Waals surface area contributed by atoms with Crippen LogP contribution in [0, 0.1) is 6.92 Å². The van der Waals surface area contributed by atoms with Crippen LogP contribution in [0.15, 0.2) is 22.7 Å². The highest BCUT2D eigenvalue weighted by molar-refractivity contribution is 9.10. The maximum absolute atomic E-state index is 6.12. The van der Waals surface area contributed by atoms with Crippen molar-refractivity contribution in [2.75, 3.05) is 12.4 Å². The van der Waals surface area contributed by atoms with Gasteiger partial charge in [-0.1, -0.05) is 11.6 Å². The molecule has 4 heteroatoms. The van der Waals surface area contributed by atoms with Crippen LogP contribution in [-0.2, 0) is 0 Å². The van der Waals surface area contributed by atoms with Crippen molar-refractivity contribution in [1.82, 2.24) is 4.98 Å². The molecule has 15 heavy (non-hydrogen) atoms. The predicted molar refractivity (Wildman–Crippen MR) is 68.7 cm³/mol. The molecule has 2 rings (SSSR count). The first-order valence-corrected chi connectivity index (χ1v) is 5.73. The second-order valence-corrected chi connectivity index (χ2v) is 4.59. The molecule has 2 aromatic rings. The van der Waals surface area contributed by atoms with Crippen molar-refractivity contribution in [1.29, 1.82) is 0 Å². The lowest BCUT2D eigenvalue weighted by Crippen LogP contribution is -1.96. The first-order chi connectivity index (χ1) is 7.13. The van der Waals surface area contributed by atoms with E-state index < -0.39 is 0 Å². The molecule has 0 saturated heterocycles. The molecule has 1 aromatic heterocycles. The zero-order chi connectivity index (χ0) is 11.0.